The third-order valence-electron chi connectivity index (χ3n) is 5.54. The van der Waals surface area contributed by atoms with Crippen molar-refractivity contribution in [2.75, 3.05) is 26.8 Å². The van der Waals surface area contributed by atoms with Crippen LogP contribution in [-0.2, 0) is 10.0 Å². The van der Waals surface area contributed by atoms with Gasteiger partial charge in [-0.1, -0.05) is 19.8 Å². The molecule has 1 aliphatic rings. The maximum Gasteiger partial charge on any atom is 0.269 e. The molecule has 0 aromatic heterocycles. The van der Waals surface area contributed by atoms with Crippen molar-refractivity contribution in [1.29, 1.82) is 0 Å². The summed E-state index contributed by atoms with van der Waals surface area (Å²) < 4.78 is 37.9. The van der Waals surface area contributed by atoms with Crippen LogP contribution in [0.3, 0.4) is 0 Å². The van der Waals surface area contributed by atoms with Gasteiger partial charge in [-0.15, -0.1) is 0 Å². The van der Waals surface area contributed by atoms with Crippen LogP contribution >= 0.6 is 0 Å². The normalized spacial score (nSPS) is 14.3. The minimum Gasteiger partial charge on any atom is -0.493 e. The smallest absolute Gasteiger partial charge is 0.269 e. The summed E-state index contributed by atoms with van der Waals surface area (Å²) in [5, 5.41) is 0. The predicted octanol–water partition coefficient (Wildman–Crippen LogP) is 3.12. The Bertz CT molecular complexity index is 1100. The minimum atomic E-state index is -3.57. The number of nitrogens with zero attached hydrogens (tertiary/aromatic N) is 1. The number of carbonyl (C=O) groups is 2. The van der Waals surface area contributed by atoms with Crippen LogP contribution in [0.15, 0.2) is 47.4 Å². The zero-order chi connectivity index (χ0) is 24.6. The Kier molecular flexibility index (Phi) is 8.89. The summed E-state index contributed by atoms with van der Waals surface area (Å²) in [6, 6.07) is 10.4. The number of hydrazine groups is 1. The average Bonchev–Trinajstić information content (AvgIpc) is 2.87. The van der Waals surface area contributed by atoms with E-state index in [1.807, 2.05) is 0 Å². The highest BCUT2D eigenvalue weighted by Gasteiger charge is 2.26. The second-order valence-corrected chi connectivity index (χ2v) is 9.90. The van der Waals surface area contributed by atoms with Gasteiger partial charge < -0.3 is 9.47 Å². The number of nitrogens with one attached hydrogen (secondary N) is 2. The van der Waals surface area contributed by atoms with Crippen molar-refractivity contribution in [3.63, 3.8) is 0 Å². The van der Waals surface area contributed by atoms with Crippen LogP contribution < -0.4 is 20.3 Å². The molecule has 0 unspecified atom stereocenters. The molecule has 3 rings (SSSR count). The first-order valence-corrected chi connectivity index (χ1v) is 12.8. The molecular weight excluding hydrogens is 458 g/mol. The van der Waals surface area contributed by atoms with E-state index in [0.29, 0.717) is 31.2 Å². The minimum absolute atomic E-state index is 0.142. The van der Waals surface area contributed by atoms with E-state index in [2.05, 4.69) is 17.8 Å². The van der Waals surface area contributed by atoms with E-state index in [0.717, 1.165) is 32.1 Å². The van der Waals surface area contributed by atoms with Crippen LogP contribution in [0.25, 0.3) is 0 Å². The topological polar surface area (TPSA) is 114 Å². The summed E-state index contributed by atoms with van der Waals surface area (Å²) in [6.07, 6.45) is 4.63. The van der Waals surface area contributed by atoms with E-state index in [9.17, 15) is 18.0 Å². The molecule has 0 bridgehead atoms. The lowest BCUT2D eigenvalue weighted by Crippen LogP contribution is -2.41. The Hall–Kier alpha value is -3.11. The summed E-state index contributed by atoms with van der Waals surface area (Å²) >= 11 is 0. The van der Waals surface area contributed by atoms with Crippen molar-refractivity contribution >= 4 is 21.8 Å². The molecule has 0 atom stereocenters. The van der Waals surface area contributed by atoms with E-state index in [1.165, 1.54) is 41.7 Å². The Morgan fingerprint density at radius 3 is 2.15 bits per heavy atom. The van der Waals surface area contributed by atoms with E-state index >= 15 is 0 Å². The Balaban J connectivity index is 1.59. The van der Waals surface area contributed by atoms with Gasteiger partial charge in [-0.2, -0.15) is 4.31 Å². The number of hydrogen-bond acceptors (Lipinski definition) is 6. The van der Waals surface area contributed by atoms with E-state index in [1.54, 1.807) is 12.1 Å². The fourth-order valence-corrected chi connectivity index (χ4v) is 5.06. The summed E-state index contributed by atoms with van der Waals surface area (Å²) in [5.41, 5.74) is 5.20. The van der Waals surface area contributed by atoms with Crippen molar-refractivity contribution < 1.29 is 27.5 Å². The van der Waals surface area contributed by atoms with Crippen LogP contribution in [0.1, 0.15) is 59.7 Å². The Morgan fingerprint density at radius 1 is 0.912 bits per heavy atom. The van der Waals surface area contributed by atoms with Gasteiger partial charge in [0.05, 0.1) is 18.6 Å². The monoisotopic (exact) mass is 489 g/mol. The number of hydrogen-bond donors (Lipinski definition) is 2. The van der Waals surface area contributed by atoms with Gasteiger partial charge in [0.15, 0.2) is 11.5 Å². The number of methoxy groups -OCH3 is 1. The van der Waals surface area contributed by atoms with E-state index in [-0.39, 0.29) is 16.0 Å². The molecule has 184 valence electrons. The number of unbranched alkanes of at least 4 members (excludes halogenated alkanes) is 1. The molecule has 1 fully saturated rings. The SMILES string of the molecule is CCCCOc1ccc(C(=O)NNC(=O)c2ccc(S(=O)(=O)N3CCCCC3)cc2)cc1OC. The van der Waals surface area contributed by atoms with Gasteiger partial charge in [-0.3, -0.25) is 20.4 Å². The van der Waals surface area contributed by atoms with E-state index in [4.69, 9.17) is 9.47 Å². The average molecular weight is 490 g/mol. The molecule has 1 heterocycles. The molecule has 2 N–H and O–H groups in total. The van der Waals surface area contributed by atoms with Crippen molar-refractivity contribution in [3.8, 4) is 11.5 Å². The van der Waals surface area contributed by atoms with Gasteiger partial charge >= 0.3 is 0 Å². The number of sulfonamides is 1. The predicted molar refractivity (Wildman–Crippen MR) is 127 cm³/mol. The second-order valence-electron chi connectivity index (χ2n) is 7.97. The number of benzene rings is 2. The number of rotatable bonds is 9. The summed E-state index contributed by atoms with van der Waals surface area (Å²) in [7, 11) is -2.09. The van der Waals surface area contributed by atoms with Crippen LogP contribution in [0.2, 0.25) is 0 Å². The molecule has 0 aliphatic carbocycles. The van der Waals surface area contributed by atoms with Gasteiger partial charge in [0.25, 0.3) is 11.8 Å². The van der Waals surface area contributed by atoms with Crippen molar-refractivity contribution in [3.05, 3.63) is 53.6 Å². The number of carbonyl (C=O) groups excluding carboxylic acids is 2. The molecule has 0 saturated carbocycles. The summed E-state index contributed by atoms with van der Waals surface area (Å²) in [5.74, 6) is -0.144. The highest BCUT2D eigenvalue weighted by atomic mass is 32.2. The molecule has 0 radical (unpaired) electrons. The highest BCUT2D eigenvalue weighted by Crippen LogP contribution is 2.28. The third kappa shape index (κ3) is 6.27. The first-order chi connectivity index (χ1) is 16.4. The lowest BCUT2D eigenvalue weighted by Gasteiger charge is -2.25. The highest BCUT2D eigenvalue weighted by molar-refractivity contribution is 7.89. The van der Waals surface area contributed by atoms with E-state index < -0.39 is 21.8 Å². The zero-order valence-electron chi connectivity index (χ0n) is 19.5. The molecule has 2 aromatic carbocycles. The third-order valence-corrected chi connectivity index (χ3v) is 7.45. The molecule has 34 heavy (non-hydrogen) atoms. The second kappa shape index (κ2) is 11.8. The number of amides is 2. The van der Waals surface area contributed by atoms with Crippen molar-refractivity contribution in [1.82, 2.24) is 15.2 Å². The standard InChI is InChI=1S/C24H31N3O6S/c1-3-4-16-33-21-13-10-19(17-22(21)32-2)24(29)26-25-23(28)18-8-11-20(12-9-18)34(30,31)27-14-6-5-7-15-27/h8-13,17H,3-7,14-16H2,1-2H3,(H,25,28)(H,26,29). The molecule has 10 heteroatoms. The fraction of sp³-hybridized carbons (Fsp3) is 0.417. The number of ether oxygens (including phenoxy) is 2. The molecule has 0 spiro atoms. The summed E-state index contributed by atoms with van der Waals surface area (Å²) in [4.78, 5) is 25.1. The Morgan fingerprint density at radius 2 is 1.53 bits per heavy atom. The largest absolute Gasteiger partial charge is 0.493 e. The van der Waals surface area contributed by atoms with Crippen molar-refractivity contribution in [2.24, 2.45) is 0 Å². The molecule has 2 aromatic rings. The van der Waals surface area contributed by atoms with Gasteiger partial charge in [0.2, 0.25) is 10.0 Å². The molecular formula is C24H31N3O6S. The summed E-state index contributed by atoms with van der Waals surface area (Å²) in [6.45, 7) is 3.63. The molecule has 9 nitrogen and oxygen atoms in total. The first kappa shape index (κ1) is 25.5. The van der Waals surface area contributed by atoms with Gasteiger partial charge in [0.1, 0.15) is 0 Å². The van der Waals surface area contributed by atoms with Crippen LogP contribution in [-0.4, -0.2) is 51.3 Å². The number of piperidine rings is 1. The van der Waals surface area contributed by atoms with Crippen LogP contribution in [0.4, 0.5) is 0 Å². The zero-order valence-corrected chi connectivity index (χ0v) is 20.3. The fourth-order valence-electron chi connectivity index (χ4n) is 3.55. The lowest BCUT2D eigenvalue weighted by atomic mass is 10.2. The first-order valence-electron chi connectivity index (χ1n) is 11.4. The van der Waals surface area contributed by atoms with Crippen LogP contribution in [0, 0.1) is 0 Å². The molecule has 1 aliphatic heterocycles. The van der Waals surface area contributed by atoms with Crippen LogP contribution in [0.5, 0.6) is 11.5 Å². The van der Waals surface area contributed by atoms with Gasteiger partial charge in [-0.05, 0) is 61.7 Å². The van der Waals surface area contributed by atoms with Gasteiger partial charge in [-0.25, -0.2) is 8.42 Å². The lowest BCUT2D eigenvalue weighted by molar-refractivity contribution is 0.0846. The van der Waals surface area contributed by atoms with Gasteiger partial charge in [0, 0.05) is 24.2 Å². The quantitative estimate of drug-likeness (QED) is 0.413. The maximum absolute atomic E-state index is 12.7. The molecule has 2 amide bonds. The maximum atomic E-state index is 12.7. The van der Waals surface area contributed by atoms with Crippen molar-refractivity contribution in [2.45, 2.75) is 43.9 Å². The Labute approximate surface area is 200 Å². The molecule has 1 saturated heterocycles.